The van der Waals surface area contributed by atoms with E-state index in [1.54, 1.807) is 0 Å². The van der Waals surface area contributed by atoms with Gasteiger partial charge in [0, 0.05) is 13.2 Å². The summed E-state index contributed by atoms with van der Waals surface area (Å²) in [6.07, 6.45) is 14.0. The van der Waals surface area contributed by atoms with Crippen LogP contribution in [-0.4, -0.2) is 24.4 Å². The molecule has 1 aliphatic rings. The maximum atomic E-state index is 9.43. The van der Waals surface area contributed by atoms with Gasteiger partial charge in [-0.15, -0.1) is 0 Å². The van der Waals surface area contributed by atoms with Crippen LogP contribution in [0.15, 0.2) is 0 Å². The highest BCUT2D eigenvalue weighted by Gasteiger charge is 2.26. The van der Waals surface area contributed by atoms with Crippen molar-refractivity contribution in [2.75, 3.05) is 13.2 Å². The van der Waals surface area contributed by atoms with Crippen molar-refractivity contribution in [3.63, 3.8) is 0 Å². The van der Waals surface area contributed by atoms with Crippen molar-refractivity contribution in [2.45, 2.75) is 126 Å². The Morgan fingerprint density at radius 3 is 2.00 bits per heavy atom. The van der Waals surface area contributed by atoms with Gasteiger partial charge in [-0.1, -0.05) is 92.9 Å². The summed E-state index contributed by atoms with van der Waals surface area (Å²) < 4.78 is 5.35. The zero-order valence-corrected chi connectivity index (χ0v) is 21.4. The van der Waals surface area contributed by atoms with Crippen LogP contribution in [0.1, 0.15) is 120 Å². The molecule has 1 saturated carbocycles. The molecular formula is C27H56O2. The summed E-state index contributed by atoms with van der Waals surface area (Å²) in [5.74, 6) is 4.75. The van der Waals surface area contributed by atoms with Gasteiger partial charge in [0.2, 0.25) is 0 Å². The van der Waals surface area contributed by atoms with Gasteiger partial charge in [-0.25, -0.2) is 0 Å². The molecule has 4 atom stereocenters. The van der Waals surface area contributed by atoms with Crippen molar-refractivity contribution < 1.29 is 9.84 Å². The summed E-state index contributed by atoms with van der Waals surface area (Å²) in [4.78, 5) is 0. The largest absolute Gasteiger partial charge is 0.396 e. The van der Waals surface area contributed by atoms with E-state index in [2.05, 4.69) is 55.4 Å². The second kappa shape index (κ2) is 17.6. The fraction of sp³-hybridized carbons (Fsp3) is 1.00. The number of rotatable bonds is 13. The minimum absolute atomic E-state index is 0.392. The Morgan fingerprint density at radius 2 is 1.45 bits per heavy atom. The Labute approximate surface area is 184 Å². The predicted molar refractivity (Wildman–Crippen MR) is 129 cm³/mol. The van der Waals surface area contributed by atoms with Crippen LogP contribution in [0.2, 0.25) is 0 Å². The predicted octanol–water partition coefficient (Wildman–Crippen LogP) is 8.12. The first-order chi connectivity index (χ1) is 13.6. The zero-order chi connectivity index (χ0) is 22.2. The average molecular weight is 413 g/mol. The third-order valence-electron chi connectivity index (χ3n) is 6.64. The topological polar surface area (TPSA) is 29.5 Å². The van der Waals surface area contributed by atoms with Crippen LogP contribution in [0.4, 0.5) is 0 Å². The Morgan fingerprint density at radius 1 is 0.828 bits per heavy atom. The Hall–Kier alpha value is -0.0800. The molecule has 1 fully saturated rings. The molecule has 0 aromatic rings. The molecule has 0 spiro atoms. The molecule has 1 rings (SSSR count). The van der Waals surface area contributed by atoms with E-state index in [9.17, 15) is 5.11 Å². The first-order valence-corrected chi connectivity index (χ1v) is 12.9. The molecule has 0 amide bonds. The van der Waals surface area contributed by atoms with Gasteiger partial charge in [0.25, 0.3) is 0 Å². The average Bonchev–Trinajstić information content (AvgIpc) is 2.62. The van der Waals surface area contributed by atoms with E-state index in [1.807, 2.05) is 0 Å². The van der Waals surface area contributed by atoms with Gasteiger partial charge in [-0.05, 0) is 62.2 Å². The third kappa shape index (κ3) is 17.3. The first kappa shape index (κ1) is 28.9. The highest BCUT2D eigenvalue weighted by molar-refractivity contribution is 4.77. The minimum atomic E-state index is 0.392. The standard InChI is InChI=1S/C19H38O.C8H18O/c1-15(2)7-5-8-16(3)9-6-10-18-12-11-17(4)19(13-18)14-20;1-7(2)5-6-9-8(3)4/h15-20H,5-14H2,1-4H3;7-8H,5-6H2,1-4H3. The summed E-state index contributed by atoms with van der Waals surface area (Å²) >= 11 is 0. The lowest BCUT2D eigenvalue weighted by molar-refractivity contribution is 0.0710. The molecule has 29 heavy (non-hydrogen) atoms. The second-order valence-corrected chi connectivity index (χ2v) is 11.1. The van der Waals surface area contributed by atoms with E-state index in [4.69, 9.17) is 4.74 Å². The molecule has 0 aromatic carbocycles. The van der Waals surface area contributed by atoms with E-state index in [-0.39, 0.29) is 0 Å². The van der Waals surface area contributed by atoms with Gasteiger partial charge in [-0.2, -0.15) is 0 Å². The SMILES string of the molecule is CC(C)CCCC(C)CCCC1CCC(C)C(CO)C1.CC(C)CCOC(C)C. The Balaban J connectivity index is 0.000000734. The van der Waals surface area contributed by atoms with Gasteiger partial charge >= 0.3 is 0 Å². The lowest BCUT2D eigenvalue weighted by atomic mass is 9.73. The van der Waals surface area contributed by atoms with Crippen molar-refractivity contribution in [3.8, 4) is 0 Å². The monoisotopic (exact) mass is 412 g/mol. The molecule has 0 radical (unpaired) electrons. The van der Waals surface area contributed by atoms with Gasteiger partial charge in [0.1, 0.15) is 0 Å². The maximum absolute atomic E-state index is 9.43. The van der Waals surface area contributed by atoms with Crippen molar-refractivity contribution in [1.82, 2.24) is 0 Å². The Kier molecular flexibility index (Phi) is 17.5. The smallest absolute Gasteiger partial charge is 0.0518 e. The third-order valence-corrected chi connectivity index (χ3v) is 6.64. The van der Waals surface area contributed by atoms with E-state index in [0.717, 1.165) is 36.2 Å². The molecule has 0 saturated heterocycles. The summed E-state index contributed by atoms with van der Waals surface area (Å²) in [6.45, 7) is 19.3. The van der Waals surface area contributed by atoms with E-state index in [0.29, 0.717) is 18.6 Å². The molecule has 1 aliphatic carbocycles. The molecule has 1 N–H and O–H groups in total. The highest BCUT2D eigenvalue weighted by atomic mass is 16.5. The molecule has 2 nitrogen and oxygen atoms in total. The number of aliphatic hydroxyl groups is 1. The maximum Gasteiger partial charge on any atom is 0.0518 e. The van der Waals surface area contributed by atoms with Crippen molar-refractivity contribution in [2.24, 2.45) is 35.5 Å². The fourth-order valence-electron chi connectivity index (χ4n) is 4.34. The normalized spacial score (nSPS) is 23.4. The van der Waals surface area contributed by atoms with Crippen LogP contribution in [0.5, 0.6) is 0 Å². The van der Waals surface area contributed by atoms with Gasteiger partial charge in [0.15, 0.2) is 0 Å². The van der Waals surface area contributed by atoms with Crippen molar-refractivity contribution in [1.29, 1.82) is 0 Å². The summed E-state index contributed by atoms with van der Waals surface area (Å²) in [7, 11) is 0. The number of ether oxygens (including phenoxy) is 1. The number of hydrogen-bond acceptors (Lipinski definition) is 2. The molecule has 0 heterocycles. The fourth-order valence-corrected chi connectivity index (χ4v) is 4.34. The van der Waals surface area contributed by atoms with Gasteiger partial charge < -0.3 is 9.84 Å². The van der Waals surface area contributed by atoms with Crippen molar-refractivity contribution in [3.05, 3.63) is 0 Å². The van der Waals surface area contributed by atoms with Gasteiger partial charge in [0.05, 0.1) is 6.10 Å². The molecular weight excluding hydrogens is 356 g/mol. The molecule has 0 bridgehead atoms. The van der Waals surface area contributed by atoms with Crippen LogP contribution >= 0.6 is 0 Å². The van der Waals surface area contributed by atoms with Crippen LogP contribution in [0, 0.1) is 35.5 Å². The quantitative estimate of drug-likeness (QED) is 0.331. The van der Waals surface area contributed by atoms with Crippen LogP contribution in [0.3, 0.4) is 0 Å². The minimum Gasteiger partial charge on any atom is -0.396 e. The lowest BCUT2D eigenvalue weighted by Gasteiger charge is -2.33. The van der Waals surface area contributed by atoms with E-state index >= 15 is 0 Å². The van der Waals surface area contributed by atoms with Crippen LogP contribution in [-0.2, 0) is 4.74 Å². The van der Waals surface area contributed by atoms with Gasteiger partial charge in [-0.3, -0.25) is 0 Å². The van der Waals surface area contributed by atoms with Crippen molar-refractivity contribution >= 4 is 0 Å². The summed E-state index contributed by atoms with van der Waals surface area (Å²) in [6, 6.07) is 0. The number of aliphatic hydroxyl groups excluding tert-OH is 1. The van der Waals surface area contributed by atoms with Crippen LogP contribution < -0.4 is 0 Å². The summed E-state index contributed by atoms with van der Waals surface area (Å²) in [5.41, 5.74) is 0. The molecule has 0 aliphatic heterocycles. The second-order valence-electron chi connectivity index (χ2n) is 11.1. The molecule has 176 valence electrons. The summed E-state index contributed by atoms with van der Waals surface area (Å²) in [5, 5.41) is 9.43. The van der Waals surface area contributed by atoms with Crippen LogP contribution in [0.25, 0.3) is 0 Å². The first-order valence-electron chi connectivity index (χ1n) is 12.9. The van der Waals surface area contributed by atoms with E-state index in [1.165, 1.54) is 64.2 Å². The highest BCUT2D eigenvalue weighted by Crippen LogP contribution is 2.36. The van der Waals surface area contributed by atoms with E-state index < -0.39 is 0 Å². The Bertz CT molecular complexity index is 342. The molecule has 0 aromatic heterocycles. The molecule has 4 unspecified atom stereocenters. The lowest BCUT2D eigenvalue weighted by Crippen LogP contribution is -2.25. The number of hydrogen-bond donors (Lipinski definition) is 1. The zero-order valence-electron chi connectivity index (χ0n) is 21.4. The molecule has 2 heteroatoms.